The number of urea groups is 1. The van der Waals surface area contributed by atoms with Crippen LogP contribution < -0.4 is 10.6 Å². The summed E-state index contributed by atoms with van der Waals surface area (Å²) in [5.41, 5.74) is 0. The number of rotatable bonds is 8. The van der Waals surface area contributed by atoms with Crippen molar-refractivity contribution in [2.45, 2.75) is 49.3 Å². The molecule has 21 heavy (non-hydrogen) atoms. The first-order chi connectivity index (χ1) is 10.0. The average molecular weight is 335 g/mol. The highest BCUT2D eigenvalue weighted by Gasteiger charge is 2.31. The second kappa shape index (κ2) is 9.46. The Morgan fingerprint density at radius 1 is 1.24 bits per heavy atom. The number of carboxylic acid groups (broad SMARTS) is 1. The van der Waals surface area contributed by atoms with Crippen molar-refractivity contribution in [2.75, 3.05) is 24.8 Å². The van der Waals surface area contributed by atoms with E-state index in [-0.39, 0.29) is 10.8 Å². The zero-order valence-corrected chi connectivity index (χ0v) is 14.4. The molecule has 5 nitrogen and oxygen atoms in total. The molecule has 2 amide bonds. The van der Waals surface area contributed by atoms with Crippen molar-refractivity contribution in [3.8, 4) is 0 Å². The lowest BCUT2D eigenvalue weighted by Crippen LogP contribution is -2.50. The first-order valence-electron chi connectivity index (χ1n) is 7.34. The number of thioether (sulfide) groups is 2. The highest BCUT2D eigenvalue weighted by Crippen LogP contribution is 2.37. The predicted octanol–water partition coefficient (Wildman–Crippen LogP) is 2.56. The fourth-order valence-electron chi connectivity index (χ4n) is 2.59. The number of amides is 2. The minimum absolute atomic E-state index is 0.119. The van der Waals surface area contributed by atoms with Crippen LogP contribution in [0.15, 0.2) is 0 Å². The Morgan fingerprint density at radius 2 is 1.90 bits per heavy atom. The van der Waals surface area contributed by atoms with Gasteiger partial charge < -0.3 is 15.7 Å². The number of hydrogen-bond donors (Lipinski definition) is 3. The number of nitrogens with one attached hydrogen (secondary N) is 2. The standard InChI is InChI=1S/C14H26N2O3S2/c1-20-9-6-11(12(17)18)16-13(19)15-10-14(21-2)7-4-3-5-8-14/h11H,3-10H2,1-2H3,(H,17,18)(H2,15,16,19). The maximum Gasteiger partial charge on any atom is 0.326 e. The van der Waals surface area contributed by atoms with E-state index in [1.807, 2.05) is 18.0 Å². The summed E-state index contributed by atoms with van der Waals surface area (Å²) in [6.07, 6.45) is 10.4. The first-order valence-corrected chi connectivity index (χ1v) is 9.96. The van der Waals surface area contributed by atoms with Crippen LogP contribution in [0.25, 0.3) is 0 Å². The van der Waals surface area contributed by atoms with Crippen LogP contribution in [0.3, 0.4) is 0 Å². The number of carbonyl (C=O) groups is 2. The molecule has 0 bridgehead atoms. The van der Waals surface area contributed by atoms with Crippen molar-refractivity contribution in [1.82, 2.24) is 10.6 Å². The Balaban J connectivity index is 2.42. The van der Waals surface area contributed by atoms with Crippen molar-refractivity contribution >= 4 is 35.5 Å². The molecule has 0 aromatic carbocycles. The molecule has 7 heteroatoms. The summed E-state index contributed by atoms with van der Waals surface area (Å²) < 4.78 is 0.119. The van der Waals surface area contributed by atoms with E-state index in [4.69, 9.17) is 5.11 Å². The number of hydrogen-bond acceptors (Lipinski definition) is 4. The number of carboxylic acids is 1. The molecule has 0 aliphatic heterocycles. The van der Waals surface area contributed by atoms with Gasteiger partial charge >= 0.3 is 12.0 Å². The molecule has 122 valence electrons. The molecule has 1 aliphatic rings. The van der Waals surface area contributed by atoms with Gasteiger partial charge in [0.2, 0.25) is 0 Å². The van der Waals surface area contributed by atoms with Crippen LogP contribution >= 0.6 is 23.5 Å². The summed E-state index contributed by atoms with van der Waals surface area (Å²) in [5, 5.41) is 14.5. The Morgan fingerprint density at radius 3 is 2.43 bits per heavy atom. The third kappa shape index (κ3) is 6.38. The Hall–Kier alpha value is -0.560. The van der Waals surface area contributed by atoms with E-state index < -0.39 is 12.0 Å². The molecular formula is C14H26N2O3S2. The van der Waals surface area contributed by atoms with E-state index in [2.05, 4.69) is 16.9 Å². The van der Waals surface area contributed by atoms with E-state index in [9.17, 15) is 9.59 Å². The summed E-state index contributed by atoms with van der Waals surface area (Å²) >= 11 is 3.39. The van der Waals surface area contributed by atoms with Crippen LogP contribution in [-0.2, 0) is 4.79 Å². The molecule has 0 spiro atoms. The largest absolute Gasteiger partial charge is 0.480 e. The number of aliphatic carboxylic acids is 1. The first kappa shape index (κ1) is 18.5. The Bertz CT molecular complexity index is 347. The van der Waals surface area contributed by atoms with Crippen molar-refractivity contribution in [3.63, 3.8) is 0 Å². The third-order valence-corrected chi connectivity index (χ3v) is 6.05. The minimum Gasteiger partial charge on any atom is -0.480 e. The maximum atomic E-state index is 11.9. The van der Waals surface area contributed by atoms with Gasteiger partial charge in [-0.05, 0) is 37.5 Å². The fraction of sp³-hybridized carbons (Fsp3) is 0.857. The highest BCUT2D eigenvalue weighted by molar-refractivity contribution is 8.00. The molecule has 0 aromatic rings. The van der Waals surface area contributed by atoms with E-state index >= 15 is 0 Å². The van der Waals surface area contributed by atoms with E-state index in [0.717, 1.165) is 12.8 Å². The zero-order valence-electron chi connectivity index (χ0n) is 12.8. The third-order valence-electron chi connectivity index (χ3n) is 3.98. The van der Waals surface area contributed by atoms with Crippen molar-refractivity contribution in [3.05, 3.63) is 0 Å². The SMILES string of the molecule is CSCCC(NC(=O)NCC1(SC)CCCCC1)C(=O)O. The zero-order chi connectivity index (χ0) is 15.7. The van der Waals surface area contributed by atoms with Gasteiger partial charge in [-0.1, -0.05) is 19.3 Å². The molecule has 1 aliphatic carbocycles. The molecule has 0 heterocycles. The summed E-state index contributed by atoms with van der Waals surface area (Å²) in [6, 6.07) is -1.18. The van der Waals surface area contributed by atoms with E-state index in [1.165, 1.54) is 19.3 Å². The lowest BCUT2D eigenvalue weighted by molar-refractivity contribution is -0.139. The Labute approximate surface area is 135 Å². The van der Waals surface area contributed by atoms with Crippen LogP contribution in [0.2, 0.25) is 0 Å². The smallest absolute Gasteiger partial charge is 0.326 e. The van der Waals surface area contributed by atoms with Gasteiger partial charge in [0.15, 0.2) is 0 Å². The average Bonchev–Trinajstić information content (AvgIpc) is 2.50. The summed E-state index contributed by atoms with van der Waals surface area (Å²) in [6.45, 7) is 0.606. The van der Waals surface area contributed by atoms with Crippen LogP contribution in [0.1, 0.15) is 38.5 Å². The van der Waals surface area contributed by atoms with Crippen molar-refractivity contribution in [2.24, 2.45) is 0 Å². The van der Waals surface area contributed by atoms with Gasteiger partial charge in [-0.3, -0.25) is 0 Å². The maximum absolute atomic E-state index is 11.9. The summed E-state index contributed by atoms with van der Waals surface area (Å²) in [7, 11) is 0. The normalized spacial score (nSPS) is 18.8. The monoisotopic (exact) mass is 334 g/mol. The summed E-state index contributed by atoms with van der Waals surface area (Å²) in [5.74, 6) is -0.261. The number of carbonyl (C=O) groups excluding carboxylic acids is 1. The van der Waals surface area contributed by atoms with Gasteiger partial charge in [-0.15, -0.1) is 0 Å². The topological polar surface area (TPSA) is 78.4 Å². The molecule has 0 saturated heterocycles. The fourth-order valence-corrected chi connectivity index (χ4v) is 3.98. The molecular weight excluding hydrogens is 308 g/mol. The molecule has 1 atom stereocenters. The highest BCUT2D eigenvalue weighted by atomic mass is 32.2. The van der Waals surface area contributed by atoms with Gasteiger partial charge in [0.05, 0.1) is 0 Å². The predicted molar refractivity (Wildman–Crippen MR) is 90.3 cm³/mol. The Kier molecular flexibility index (Phi) is 8.33. The van der Waals surface area contributed by atoms with Gasteiger partial charge in [-0.2, -0.15) is 23.5 Å². The quantitative estimate of drug-likeness (QED) is 0.636. The molecule has 1 saturated carbocycles. The lowest BCUT2D eigenvalue weighted by atomic mass is 9.88. The van der Waals surface area contributed by atoms with Crippen LogP contribution in [0.5, 0.6) is 0 Å². The van der Waals surface area contributed by atoms with Crippen LogP contribution in [0, 0.1) is 0 Å². The summed E-state index contributed by atoms with van der Waals surface area (Å²) in [4.78, 5) is 23.0. The van der Waals surface area contributed by atoms with Gasteiger partial charge in [0.25, 0.3) is 0 Å². The molecule has 1 rings (SSSR count). The van der Waals surface area contributed by atoms with Crippen molar-refractivity contribution < 1.29 is 14.7 Å². The molecule has 3 N–H and O–H groups in total. The lowest BCUT2D eigenvalue weighted by Gasteiger charge is -2.35. The molecule has 1 fully saturated rings. The second-order valence-electron chi connectivity index (χ2n) is 5.45. The van der Waals surface area contributed by atoms with Crippen LogP contribution in [-0.4, -0.2) is 52.7 Å². The van der Waals surface area contributed by atoms with Crippen LogP contribution in [0.4, 0.5) is 4.79 Å². The minimum atomic E-state index is -0.976. The molecule has 0 radical (unpaired) electrons. The van der Waals surface area contributed by atoms with Gasteiger partial charge in [0, 0.05) is 11.3 Å². The van der Waals surface area contributed by atoms with E-state index in [1.54, 1.807) is 11.8 Å². The van der Waals surface area contributed by atoms with E-state index in [0.29, 0.717) is 18.7 Å². The van der Waals surface area contributed by atoms with Gasteiger partial charge in [0.1, 0.15) is 6.04 Å². The van der Waals surface area contributed by atoms with Gasteiger partial charge in [-0.25, -0.2) is 9.59 Å². The second-order valence-corrected chi connectivity index (χ2v) is 7.71. The molecule has 1 unspecified atom stereocenters. The van der Waals surface area contributed by atoms with Crippen molar-refractivity contribution in [1.29, 1.82) is 0 Å². The molecule has 0 aromatic heterocycles.